The molecule has 4 aromatic carbocycles. The second-order valence-electron chi connectivity index (χ2n) is 6.36. The van der Waals surface area contributed by atoms with Gasteiger partial charge < -0.3 is 5.32 Å². The SMILES string of the molecule is c1ccc(NC(Cc2ccc3ccccc3c2)c2ccccc2)cc1. The maximum atomic E-state index is 3.69. The summed E-state index contributed by atoms with van der Waals surface area (Å²) < 4.78 is 0. The van der Waals surface area contributed by atoms with Crippen LogP contribution in [0.1, 0.15) is 17.2 Å². The summed E-state index contributed by atoms with van der Waals surface area (Å²) in [6, 6.07) is 36.6. The van der Waals surface area contributed by atoms with Gasteiger partial charge in [-0.3, -0.25) is 0 Å². The van der Waals surface area contributed by atoms with Crippen LogP contribution in [-0.4, -0.2) is 0 Å². The van der Waals surface area contributed by atoms with Crippen molar-refractivity contribution < 1.29 is 0 Å². The summed E-state index contributed by atoms with van der Waals surface area (Å²) >= 11 is 0. The third kappa shape index (κ3) is 3.72. The molecular weight excluding hydrogens is 302 g/mol. The summed E-state index contributed by atoms with van der Waals surface area (Å²) in [6.45, 7) is 0. The maximum absolute atomic E-state index is 3.69. The molecule has 0 spiro atoms. The highest BCUT2D eigenvalue weighted by Crippen LogP contribution is 2.25. The van der Waals surface area contributed by atoms with Crippen molar-refractivity contribution in [1.29, 1.82) is 0 Å². The number of nitrogens with one attached hydrogen (secondary N) is 1. The van der Waals surface area contributed by atoms with Crippen molar-refractivity contribution in [2.45, 2.75) is 12.5 Å². The van der Waals surface area contributed by atoms with Crippen LogP contribution in [-0.2, 0) is 6.42 Å². The predicted octanol–water partition coefficient (Wildman–Crippen LogP) is 6.24. The lowest BCUT2D eigenvalue weighted by Crippen LogP contribution is -2.13. The maximum Gasteiger partial charge on any atom is 0.0554 e. The van der Waals surface area contributed by atoms with E-state index >= 15 is 0 Å². The highest BCUT2D eigenvalue weighted by atomic mass is 14.9. The molecule has 0 aliphatic carbocycles. The van der Waals surface area contributed by atoms with Gasteiger partial charge in [0.2, 0.25) is 0 Å². The number of fused-ring (bicyclic) bond motifs is 1. The first-order valence-electron chi connectivity index (χ1n) is 8.73. The van der Waals surface area contributed by atoms with Gasteiger partial charge in [0, 0.05) is 5.69 Å². The van der Waals surface area contributed by atoms with E-state index in [4.69, 9.17) is 0 Å². The molecule has 0 aliphatic heterocycles. The van der Waals surface area contributed by atoms with Crippen molar-refractivity contribution in [2.75, 3.05) is 5.32 Å². The first-order chi connectivity index (χ1) is 12.4. The molecule has 1 nitrogen and oxygen atoms in total. The van der Waals surface area contributed by atoms with Crippen molar-refractivity contribution in [3.63, 3.8) is 0 Å². The van der Waals surface area contributed by atoms with Crippen molar-refractivity contribution in [3.8, 4) is 0 Å². The molecule has 0 amide bonds. The van der Waals surface area contributed by atoms with Crippen molar-refractivity contribution in [1.82, 2.24) is 0 Å². The van der Waals surface area contributed by atoms with Crippen LogP contribution in [0.25, 0.3) is 10.8 Å². The Morgan fingerprint density at radius 3 is 2.00 bits per heavy atom. The van der Waals surface area contributed by atoms with E-state index in [0.29, 0.717) is 0 Å². The minimum absolute atomic E-state index is 0.241. The summed E-state index contributed by atoms with van der Waals surface area (Å²) in [4.78, 5) is 0. The Morgan fingerprint density at radius 1 is 0.600 bits per heavy atom. The van der Waals surface area contributed by atoms with Crippen molar-refractivity contribution in [3.05, 3.63) is 114 Å². The van der Waals surface area contributed by atoms with Gasteiger partial charge in [-0.25, -0.2) is 0 Å². The Morgan fingerprint density at radius 2 is 1.24 bits per heavy atom. The molecule has 0 saturated carbocycles. The second-order valence-corrected chi connectivity index (χ2v) is 6.36. The van der Waals surface area contributed by atoms with Crippen LogP contribution in [0, 0.1) is 0 Å². The Bertz CT molecular complexity index is 945. The Balaban J connectivity index is 1.65. The molecule has 25 heavy (non-hydrogen) atoms. The van der Waals surface area contributed by atoms with Gasteiger partial charge in [0.05, 0.1) is 6.04 Å². The third-order valence-electron chi connectivity index (χ3n) is 4.57. The van der Waals surface area contributed by atoms with Gasteiger partial charge in [-0.05, 0) is 40.5 Å². The van der Waals surface area contributed by atoms with Gasteiger partial charge >= 0.3 is 0 Å². The van der Waals surface area contributed by atoms with Gasteiger partial charge in [-0.1, -0.05) is 91.0 Å². The first-order valence-corrected chi connectivity index (χ1v) is 8.73. The fraction of sp³-hybridized carbons (Fsp3) is 0.0833. The fourth-order valence-corrected chi connectivity index (χ4v) is 3.27. The van der Waals surface area contributed by atoms with Gasteiger partial charge in [0.1, 0.15) is 0 Å². The van der Waals surface area contributed by atoms with Crippen LogP contribution in [0.3, 0.4) is 0 Å². The topological polar surface area (TPSA) is 12.0 Å². The number of para-hydroxylation sites is 1. The van der Waals surface area contributed by atoms with Gasteiger partial charge in [0.15, 0.2) is 0 Å². The van der Waals surface area contributed by atoms with E-state index in [2.05, 4.69) is 102 Å². The largest absolute Gasteiger partial charge is 0.378 e. The smallest absolute Gasteiger partial charge is 0.0554 e. The lowest BCUT2D eigenvalue weighted by molar-refractivity contribution is 0.776. The summed E-state index contributed by atoms with van der Waals surface area (Å²) in [5.74, 6) is 0. The van der Waals surface area contributed by atoms with E-state index < -0.39 is 0 Å². The number of rotatable bonds is 5. The van der Waals surface area contributed by atoms with Crippen LogP contribution in [0.2, 0.25) is 0 Å². The van der Waals surface area contributed by atoms with Gasteiger partial charge in [0.25, 0.3) is 0 Å². The number of hydrogen-bond donors (Lipinski definition) is 1. The molecule has 0 fully saturated rings. The molecule has 0 bridgehead atoms. The number of benzene rings is 4. The van der Waals surface area contributed by atoms with E-state index in [0.717, 1.165) is 12.1 Å². The van der Waals surface area contributed by atoms with Crippen LogP contribution in [0.4, 0.5) is 5.69 Å². The molecular formula is C24H21N. The van der Waals surface area contributed by atoms with E-state index in [1.54, 1.807) is 0 Å². The molecule has 1 atom stereocenters. The van der Waals surface area contributed by atoms with Gasteiger partial charge in [-0.15, -0.1) is 0 Å². The molecule has 0 aromatic heterocycles. The molecule has 0 heterocycles. The average Bonchev–Trinajstić information content (AvgIpc) is 2.69. The zero-order valence-corrected chi connectivity index (χ0v) is 14.1. The van der Waals surface area contributed by atoms with Crippen LogP contribution in [0.5, 0.6) is 0 Å². The van der Waals surface area contributed by atoms with E-state index in [9.17, 15) is 0 Å². The van der Waals surface area contributed by atoms with E-state index in [1.807, 2.05) is 6.07 Å². The molecule has 4 aromatic rings. The monoisotopic (exact) mass is 323 g/mol. The molecule has 0 aliphatic rings. The second kappa shape index (κ2) is 7.23. The zero-order chi connectivity index (χ0) is 16.9. The fourth-order valence-electron chi connectivity index (χ4n) is 3.27. The molecule has 122 valence electrons. The molecule has 0 saturated heterocycles. The Labute approximate surface area is 149 Å². The highest BCUT2D eigenvalue weighted by molar-refractivity contribution is 5.83. The average molecular weight is 323 g/mol. The van der Waals surface area contributed by atoms with Crippen LogP contribution < -0.4 is 5.32 Å². The molecule has 1 heteroatoms. The minimum Gasteiger partial charge on any atom is -0.378 e. The van der Waals surface area contributed by atoms with E-state index in [-0.39, 0.29) is 6.04 Å². The molecule has 0 radical (unpaired) electrons. The summed E-state index contributed by atoms with van der Waals surface area (Å²) in [6.07, 6.45) is 0.948. The lowest BCUT2D eigenvalue weighted by Gasteiger charge is -2.21. The summed E-state index contributed by atoms with van der Waals surface area (Å²) in [5, 5.41) is 6.28. The zero-order valence-electron chi connectivity index (χ0n) is 14.1. The third-order valence-corrected chi connectivity index (χ3v) is 4.57. The molecule has 1 unspecified atom stereocenters. The summed E-state index contributed by atoms with van der Waals surface area (Å²) in [7, 11) is 0. The quantitative estimate of drug-likeness (QED) is 0.458. The number of anilines is 1. The highest BCUT2D eigenvalue weighted by Gasteiger charge is 2.12. The van der Waals surface area contributed by atoms with Gasteiger partial charge in [-0.2, -0.15) is 0 Å². The Kier molecular flexibility index (Phi) is 4.47. The molecule has 4 rings (SSSR count). The first kappa shape index (κ1) is 15.5. The normalized spacial score (nSPS) is 12.0. The minimum atomic E-state index is 0.241. The van der Waals surface area contributed by atoms with E-state index in [1.165, 1.54) is 21.9 Å². The standard InChI is InChI=1S/C24H21N/c1-3-10-21(11-4-1)24(25-23-13-5-2-6-14-23)18-19-15-16-20-9-7-8-12-22(20)17-19/h1-17,24-25H,18H2. The summed E-state index contributed by atoms with van der Waals surface area (Å²) in [5.41, 5.74) is 3.80. The predicted molar refractivity (Wildman–Crippen MR) is 107 cm³/mol. The van der Waals surface area contributed by atoms with Crippen molar-refractivity contribution >= 4 is 16.5 Å². The van der Waals surface area contributed by atoms with Crippen LogP contribution >= 0.6 is 0 Å². The number of hydrogen-bond acceptors (Lipinski definition) is 1. The van der Waals surface area contributed by atoms with Crippen molar-refractivity contribution in [2.24, 2.45) is 0 Å². The molecule has 1 N–H and O–H groups in total. The Hall–Kier alpha value is -3.06. The van der Waals surface area contributed by atoms with Crippen LogP contribution in [0.15, 0.2) is 103 Å². The lowest BCUT2D eigenvalue weighted by atomic mass is 9.96.